The van der Waals surface area contributed by atoms with E-state index in [9.17, 15) is 4.39 Å². The minimum atomic E-state index is -0.296. The van der Waals surface area contributed by atoms with Crippen LogP contribution < -0.4 is 5.73 Å². The second-order valence-corrected chi connectivity index (χ2v) is 5.36. The predicted octanol–water partition coefficient (Wildman–Crippen LogP) is 4.48. The monoisotopic (exact) mass is 327 g/mol. The Morgan fingerprint density at radius 2 is 1.94 bits per heavy atom. The summed E-state index contributed by atoms with van der Waals surface area (Å²) in [5, 5.41) is 0.622. The van der Waals surface area contributed by atoms with E-state index in [0.717, 1.165) is 10.0 Å². The Balaban J connectivity index is 2.25. The molecule has 1 unspecified atom stereocenters. The Hall–Kier alpha value is -0.900. The van der Waals surface area contributed by atoms with E-state index in [1.807, 2.05) is 6.07 Å². The zero-order chi connectivity index (χ0) is 13.1. The lowest BCUT2D eigenvalue weighted by molar-refractivity contribution is 0.593. The van der Waals surface area contributed by atoms with Crippen molar-refractivity contribution in [2.45, 2.75) is 12.5 Å². The molecule has 1 atom stereocenters. The molecule has 0 saturated heterocycles. The Morgan fingerprint density at radius 3 is 2.67 bits per heavy atom. The molecule has 2 rings (SSSR count). The van der Waals surface area contributed by atoms with E-state index in [1.54, 1.807) is 30.3 Å². The van der Waals surface area contributed by atoms with E-state index >= 15 is 0 Å². The Kier molecular flexibility index (Phi) is 4.38. The van der Waals surface area contributed by atoms with Crippen LogP contribution in [0.1, 0.15) is 17.2 Å². The first-order valence-corrected chi connectivity index (χ1v) is 6.69. The van der Waals surface area contributed by atoms with Gasteiger partial charge in [-0.3, -0.25) is 0 Å². The molecule has 0 fully saturated rings. The highest BCUT2D eigenvalue weighted by molar-refractivity contribution is 9.10. The van der Waals surface area contributed by atoms with Crippen LogP contribution in [0.25, 0.3) is 0 Å². The van der Waals surface area contributed by atoms with Gasteiger partial charge in [0.15, 0.2) is 0 Å². The number of hydrogen-bond acceptors (Lipinski definition) is 1. The summed E-state index contributed by atoms with van der Waals surface area (Å²) in [5.41, 5.74) is 7.60. The van der Waals surface area contributed by atoms with Gasteiger partial charge in [-0.1, -0.05) is 45.7 Å². The van der Waals surface area contributed by atoms with Crippen molar-refractivity contribution in [2.24, 2.45) is 5.73 Å². The molecule has 2 aromatic rings. The zero-order valence-corrected chi connectivity index (χ0v) is 11.9. The lowest BCUT2D eigenvalue weighted by Crippen LogP contribution is -2.14. The van der Waals surface area contributed by atoms with Crippen LogP contribution in [0.15, 0.2) is 46.9 Å². The van der Waals surface area contributed by atoms with Gasteiger partial charge in [0.25, 0.3) is 0 Å². The van der Waals surface area contributed by atoms with Crippen molar-refractivity contribution in [3.8, 4) is 0 Å². The van der Waals surface area contributed by atoms with Crippen LogP contribution >= 0.6 is 27.5 Å². The van der Waals surface area contributed by atoms with Gasteiger partial charge in [0.1, 0.15) is 5.82 Å². The molecule has 0 radical (unpaired) electrons. The average molecular weight is 329 g/mol. The molecular weight excluding hydrogens is 317 g/mol. The molecular formula is C14H12BrClFN. The quantitative estimate of drug-likeness (QED) is 0.883. The van der Waals surface area contributed by atoms with Crippen molar-refractivity contribution in [2.75, 3.05) is 0 Å². The summed E-state index contributed by atoms with van der Waals surface area (Å²) in [5.74, 6) is -0.230. The number of hydrogen-bond donors (Lipinski definition) is 1. The lowest BCUT2D eigenvalue weighted by atomic mass is 9.99. The Morgan fingerprint density at radius 1 is 1.22 bits per heavy atom. The standard InChI is InChI=1S/C14H12BrClFN/c15-12-6-5-10(16)8-11(12)14(18)7-9-3-1-2-4-13(9)17/h1-6,8,14H,7,18H2. The fourth-order valence-corrected chi connectivity index (χ4v) is 2.53. The Bertz CT molecular complexity index is 559. The summed E-state index contributed by atoms with van der Waals surface area (Å²) in [4.78, 5) is 0. The van der Waals surface area contributed by atoms with E-state index < -0.39 is 0 Å². The molecule has 0 spiro atoms. The van der Waals surface area contributed by atoms with E-state index in [-0.39, 0.29) is 11.9 Å². The normalized spacial score (nSPS) is 12.4. The summed E-state index contributed by atoms with van der Waals surface area (Å²) >= 11 is 9.38. The maximum atomic E-state index is 13.6. The highest BCUT2D eigenvalue weighted by Gasteiger charge is 2.13. The number of rotatable bonds is 3. The third-order valence-corrected chi connectivity index (χ3v) is 3.71. The van der Waals surface area contributed by atoms with Gasteiger partial charge in [0.2, 0.25) is 0 Å². The van der Waals surface area contributed by atoms with Crippen LogP contribution in [0.2, 0.25) is 5.02 Å². The summed E-state index contributed by atoms with van der Waals surface area (Å²) in [6, 6.07) is 11.8. The topological polar surface area (TPSA) is 26.0 Å². The second kappa shape index (κ2) is 5.83. The van der Waals surface area contributed by atoms with Crippen LogP contribution in [0.3, 0.4) is 0 Å². The van der Waals surface area contributed by atoms with Crippen molar-refractivity contribution in [1.82, 2.24) is 0 Å². The van der Waals surface area contributed by atoms with Crippen LogP contribution in [0.4, 0.5) is 4.39 Å². The minimum Gasteiger partial charge on any atom is -0.324 e. The smallest absolute Gasteiger partial charge is 0.126 e. The van der Waals surface area contributed by atoms with Gasteiger partial charge >= 0.3 is 0 Å². The SMILES string of the molecule is NC(Cc1ccccc1F)c1cc(Cl)ccc1Br. The fraction of sp³-hybridized carbons (Fsp3) is 0.143. The highest BCUT2D eigenvalue weighted by Crippen LogP contribution is 2.28. The molecule has 0 aromatic heterocycles. The van der Waals surface area contributed by atoms with Gasteiger partial charge in [0.05, 0.1) is 0 Å². The third-order valence-electron chi connectivity index (χ3n) is 2.76. The summed E-state index contributed by atoms with van der Waals surface area (Å²) in [6.07, 6.45) is 0.436. The average Bonchev–Trinajstić information content (AvgIpc) is 2.35. The van der Waals surface area contributed by atoms with E-state index in [0.29, 0.717) is 17.0 Å². The molecule has 18 heavy (non-hydrogen) atoms. The van der Waals surface area contributed by atoms with Crippen molar-refractivity contribution < 1.29 is 4.39 Å². The van der Waals surface area contributed by atoms with Gasteiger partial charge in [-0.05, 0) is 41.8 Å². The molecule has 0 aliphatic carbocycles. The molecule has 2 N–H and O–H groups in total. The molecule has 0 bridgehead atoms. The zero-order valence-electron chi connectivity index (χ0n) is 9.54. The molecule has 0 aliphatic heterocycles. The molecule has 0 heterocycles. The predicted molar refractivity (Wildman–Crippen MR) is 76.2 cm³/mol. The van der Waals surface area contributed by atoms with Crippen molar-refractivity contribution in [3.63, 3.8) is 0 Å². The minimum absolute atomic E-state index is 0.230. The van der Waals surface area contributed by atoms with E-state index in [2.05, 4.69) is 15.9 Å². The lowest BCUT2D eigenvalue weighted by Gasteiger charge is -2.14. The molecule has 0 aliphatic rings. The summed E-state index contributed by atoms with van der Waals surface area (Å²) < 4.78 is 14.4. The summed E-state index contributed by atoms with van der Waals surface area (Å²) in [6.45, 7) is 0. The molecule has 94 valence electrons. The first-order valence-electron chi connectivity index (χ1n) is 5.52. The number of benzene rings is 2. The van der Waals surface area contributed by atoms with E-state index in [4.69, 9.17) is 17.3 Å². The first kappa shape index (κ1) is 13.5. The largest absolute Gasteiger partial charge is 0.324 e. The van der Waals surface area contributed by atoms with Gasteiger partial charge in [-0.15, -0.1) is 0 Å². The maximum Gasteiger partial charge on any atom is 0.126 e. The van der Waals surface area contributed by atoms with Gasteiger partial charge in [0, 0.05) is 15.5 Å². The first-order chi connectivity index (χ1) is 8.58. The molecule has 4 heteroatoms. The molecule has 0 amide bonds. The second-order valence-electron chi connectivity index (χ2n) is 4.07. The highest BCUT2D eigenvalue weighted by atomic mass is 79.9. The summed E-state index contributed by atoms with van der Waals surface area (Å²) in [7, 11) is 0. The van der Waals surface area contributed by atoms with E-state index in [1.165, 1.54) is 6.07 Å². The van der Waals surface area contributed by atoms with Gasteiger partial charge < -0.3 is 5.73 Å². The van der Waals surface area contributed by atoms with Gasteiger partial charge in [-0.25, -0.2) is 4.39 Å². The molecule has 2 aromatic carbocycles. The number of halogens is 3. The van der Waals surface area contributed by atoms with Crippen molar-refractivity contribution in [1.29, 1.82) is 0 Å². The fourth-order valence-electron chi connectivity index (χ4n) is 1.81. The van der Waals surface area contributed by atoms with Crippen molar-refractivity contribution >= 4 is 27.5 Å². The molecule has 1 nitrogen and oxygen atoms in total. The van der Waals surface area contributed by atoms with Crippen LogP contribution in [0.5, 0.6) is 0 Å². The van der Waals surface area contributed by atoms with Crippen LogP contribution in [-0.2, 0) is 6.42 Å². The molecule has 0 saturated carbocycles. The third kappa shape index (κ3) is 3.10. The van der Waals surface area contributed by atoms with Crippen LogP contribution in [-0.4, -0.2) is 0 Å². The maximum absolute atomic E-state index is 13.6. The van der Waals surface area contributed by atoms with Gasteiger partial charge in [-0.2, -0.15) is 0 Å². The number of nitrogens with two attached hydrogens (primary N) is 1. The van der Waals surface area contributed by atoms with Crippen molar-refractivity contribution in [3.05, 3.63) is 68.9 Å². The van der Waals surface area contributed by atoms with Crippen LogP contribution in [0, 0.1) is 5.82 Å². The Labute approximate surface area is 119 Å².